The lowest BCUT2D eigenvalue weighted by atomic mass is 10.3. The highest BCUT2D eigenvalue weighted by atomic mass is 35.5. The van der Waals surface area contributed by atoms with Gasteiger partial charge in [0.1, 0.15) is 5.82 Å². The summed E-state index contributed by atoms with van der Waals surface area (Å²) in [5.41, 5.74) is 2.27. The van der Waals surface area contributed by atoms with Crippen LogP contribution in [0.15, 0.2) is 42.0 Å². The third-order valence-electron chi connectivity index (χ3n) is 3.08. The van der Waals surface area contributed by atoms with Gasteiger partial charge in [0.2, 0.25) is 5.91 Å². The van der Waals surface area contributed by atoms with Crippen LogP contribution in [0.3, 0.4) is 0 Å². The molecule has 2 N–H and O–H groups in total. The Balaban J connectivity index is 1.61. The van der Waals surface area contributed by atoms with Crippen LogP contribution < -0.4 is 10.6 Å². The zero-order valence-electron chi connectivity index (χ0n) is 12.8. The van der Waals surface area contributed by atoms with Crippen molar-refractivity contribution in [2.24, 2.45) is 0 Å². The van der Waals surface area contributed by atoms with Crippen LogP contribution in [-0.4, -0.2) is 20.9 Å². The smallest absolute Gasteiger partial charge is 0.230 e. The molecule has 0 spiro atoms. The van der Waals surface area contributed by atoms with E-state index >= 15 is 0 Å². The molecular weight excluding hydrogens is 346 g/mol. The highest BCUT2D eigenvalue weighted by molar-refractivity contribution is 7.13. The van der Waals surface area contributed by atoms with E-state index in [0.29, 0.717) is 16.5 Å². The van der Waals surface area contributed by atoms with Crippen molar-refractivity contribution in [2.45, 2.75) is 13.3 Å². The van der Waals surface area contributed by atoms with Crippen LogP contribution in [-0.2, 0) is 11.2 Å². The summed E-state index contributed by atoms with van der Waals surface area (Å²) in [6.45, 7) is 1.99. The van der Waals surface area contributed by atoms with Crippen molar-refractivity contribution < 1.29 is 4.79 Å². The normalized spacial score (nSPS) is 10.4. The number of rotatable bonds is 5. The molecule has 0 saturated carbocycles. The summed E-state index contributed by atoms with van der Waals surface area (Å²) >= 11 is 7.34. The summed E-state index contributed by atoms with van der Waals surface area (Å²) < 4.78 is 0. The molecule has 0 atom stereocenters. The van der Waals surface area contributed by atoms with Gasteiger partial charge in [-0.3, -0.25) is 4.79 Å². The Kier molecular flexibility index (Phi) is 5.02. The van der Waals surface area contributed by atoms with Gasteiger partial charge in [-0.05, 0) is 36.8 Å². The van der Waals surface area contributed by atoms with Gasteiger partial charge in [-0.15, -0.1) is 11.3 Å². The highest BCUT2D eigenvalue weighted by Crippen LogP contribution is 2.21. The Morgan fingerprint density at radius 2 is 2.17 bits per heavy atom. The number of carbonyl (C=O) groups excluding carboxylic acids is 1. The van der Waals surface area contributed by atoms with Crippen LogP contribution in [0, 0.1) is 6.92 Å². The van der Waals surface area contributed by atoms with Crippen molar-refractivity contribution in [3.63, 3.8) is 0 Å². The standard InChI is InChI=1S/C16H14ClN5OS/c1-10-4-6-18-13(7-10)22-16-20-11(9-24-16)8-14(23)21-12-3-2-5-19-15(12)17/h2-7,9H,8H2,1H3,(H,21,23)(H,18,20,22). The van der Waals surface area contributed by atoms with Crippen LogP contribution in [0.25, 0.3) is 0 Å². The zero-order chi connectivity index (χ0) is 16.9. The molecule has 0 radical (unpaired) electrons. The zero-order valence-corrected chi connectivity index (χ0v) is 14.4. The van der Waals surface area contributed by atoms with Gasteiger partial charge < -0.3 is 10.6 Å². The summed E-state index contributed by atoms with van der Waals surface area (Å²) in [4.78, 5) is 24.6. The maximum absolute atomic E-state index is 12.1. The number of nitrogens with one attached hydrogen (secondary N) is 2. The number of carbonyl (C=O) groups is 1. The minimum atomic E-state index is -0.199. The number of hydrogen-bond acceptors (Lipinski definition) is 6. The maximum atomic E-state index is 12.1. The number of aromatic nitrogens is 3. The SMILES string of the molecule is Cc1ccnc(Nc2nc(CC(=O)Nc3cccnc3Cl)cs2)c1. The fourth-order valence-corrected chi connectivity index (χ4v) is 2.88. The molecule has 24 heavy (non-hydrogen) atoms. The second-order valence-corrected chi connectivity index (χ2v) is 6.27. The van der Waals surface area contributed by atoms with Gasteiger partial charge in [-0.1, -0.05) is 11.6 Å². The number of hydrogen-bond donors (Lipinski definition) is 2. The fraction of sp³-hybridized carbons (Fsp3) is 0.125. The van der Waals surface area contributed by atoms with E-state index in [9.17, 15) is 4.79 Å². The number of amides is 1. The van der Waals surface area contributed by atoms with Crippen LogP contribution >= 0.6 is 22.9 Å². The highest BCUT2D eigenvalue weighted by Gasteiger charge is 2.10. The number of pyridine rings is 2. The van der Waals surface area contributed by atoms with E-state index in [1.54, 1.807) is 24.5 Å². The van der Waals surface area contributed by atoms with E-state index in [1.165, 1.54) is 11.3 Å². The monoisotopic (exact) mass is 359 g/mol. The number of nitrogens with zero attached hydrogens (tertiary/aromatic N) is 3. The quantitative estimate of drug-likeness (QED) is 0.677. The molecule has 3 rings (SSSR count). The second-order valence-electron chi connectivity index (χ2n) is 5.05. The third kappa shape index (κ3) is 4.27. The van der Waals surface area contributed by atoms with Crippen molar-refractivity contribution in [1.82, 2.24) is 15.0 Å². The average molecular weight is 360 g/mol. The van der Waals surface area contributed by atoms with E-state index in [0.717, 1.165) is 11.4 Å². The van der Waals surface area contributed by atoms with Crippen LogP contribution in [0.4, 0.5) is 16.6 Å². The fourth-order valence-electron chi connectivity index (χ4n) is 2.00. The van der Waals surface area contributed by atoms with E-state index < -0.39 is 0 Å². The molecule has 6 nitrogen and oxygen atoms in total. The number of aryl methyl sites for hydroxylation is 1. The van der Waals surface area contributed by atoms with E-state index in [1.807, 2.05) is 24.4 Å². The third-order valence-corrected chi connectivity index (χ3v) is 4.18. The van der Waals surface area contributed by atoms with Gasteiger partial charge in [0, 0.05) is 17.8 Å². The van der Waals surface area contributed by atoms with Gasteiger partial charge in [0.25, 0.3) is 0 Å². The molecule has 0 aliphatic rings. The minimum absolute atomic E-state index is 0.157. The summed E-state index contributed by atoms with van der Waals surface area (Å²) in [6, 6.07) is 7.26. The molecule has 0 unspecified atom stereocenters. The Bertz CT molecular complexity index is 867. The Labute approximate surface area is 148 Å². The van der Waals surface area contributed by atoms with Gasteiger partial charge >= 0.3 is 0 Å². The Hall–Kier alpha value is -2.51. The topological polar surface area (TPSA) is 79.8 Å². The van der Waals surface area contributed by atoms with E-state index in [-0.39, 0.29) is 17.5 Å². The lowest BCUT2D eigenvalue weighted by Gasteiger charge is -2.05. The summed E-state index contributed by atoms with van der Waals surface area (Å²) in [6.07, 6.45) is 3.46. The minimum Gasteiger partial charge on any atom is -0.323 e. The van der Waals surface area contributed by atoms with E-state index in [2.05, 4.69) is 25.6 Å². The number of thiazole rings is 1. The first kappa shape index (κ1) is 16.4. The largest absolute Gasteiger partial charge is 0.323 e. The maximum Gasteiger partial charge on any atom is 0.230 e. The molecule has 0 saturated heterocycles. The average Bonchev–Trinajstić information content (AvgIpc) is 2.96. The summed E-state index contributed by atoms with van der Waals surface area (Å²) in [5.74, 6) is 0.526. The number of halogens is 1. The van der Waals surface area contributed by atoms with Crippen molar-refractivity contribution in [3.8, 4) is 0 Å². The Morgan fingerprint density at radius 3 is 2.96 bits per heavy atom. The van der Waals surface area contributed by atoms with Crippen molar-refractivity contribution in [1.29, 1.82) is 0 Å². The molecule has 3 heterocycles. The second kappa shape index (κ2) is 7.37. The molecule has 0 aromatic carbocycles. The molecule has 0 aliphatic carbocycles. The lowest BCUT2D eigenvalue weighted by molar-refractivity contribution is -0.115. The van der Waals surface area contributed by atoms with Gasteiger partial charge in [-0.2, -0.15) is 0 Å². The van der Waals surface area contributed by atoms with E-state index in [4.69, 9.17) is 11.6 Å². The summed E-state index contributed by atoms with van der Waals surface area (Å²) in [7, 11) is 0. The predicted octanol–water partition coefficient (Wildman–Crippen LogP) is 3.82. The molecule has 0 aliphatic heterocycles. The van der Waals surface area contributed by atoms with Crippen LogP contribution in [0.5, 0.6) is 0 Å². The van der Waals surface area contributed by atoms with Crippen LogP contribution in [0.2, 0.25) is 5.15 Å². The number of anilines is 3. The molecule has 0 fully saturated rings. The molecule has 8 heteroatoms. The van der Waals surface area contributed by atoms with Crippen LogP contribution in [0.1, 0.15) is 11.3 Å². The Morgan fingerprint density at radius 1 is 1.29 bits per heavy atom. The molecule has 122 valence electrons. The first-order valence-corrected chi connectivity index (χ1v) is 8.40. The molecule has 3 aromatic heterocycles. The first-order chi connectivity index (χ1) is 11.6. The van der Waals surface area contributed by atoms with Crippen molar-refractivity contribution in [2.75, 3.05) is 10.6 Å². The predicted molar refractivity (Wildman–Crippen MR) is 96.0 cm³/mol. The molecule has 0 bridgehead atoms. The molecule has 3 aromatic rings. The lowest BCUT2D eigenvalue weighted by Crippen LogP contribution is -2.15. The first-order valence-electron chi connectivity index (χ1n) is 7.14. The van der Waals surface area contributed by atoms with Gasteiger partial charge in [0.15, 0.2) is 10.3 Å². The molecular formula is C16H14ClN5OS. The molecule has 1 amide bonds. The van der Waals surface area contributed by atoms with Crippen molar-refractivity contribution >= 4 is 45.5 Å². The summed E-state index contributed by atoms with van der Waals surface area (Å²) in [5, 5.41) is 8.64. The van der Waals surface area contributed by atoms with Gasteiger partial charge in [-0.25, -0.2) is 15.0 Å². The van der Waals surface area contributed by atoms with Crippen molar-refractivity contribution in [3.05, 3.63) is 58.4 Å². The van der Waals surface area contributed by atoms with Gasteiger partial charge in [0.05, 0.1) is 17.8 Å².